The lowest BCUT2D eigenvalue weighted by Crippen LogP contribution is -2.07. The predicted molar refractivity (Wildman–Crippen MR) is 64.6 cm³/mol. The molecule has 8 heteroatoms. The molecule has 0 aliphatic rings. The van der Waals surface area contributed by atoms with Crippen LogP contribution in [-0.4, -0.2) is 35.1 Å². The van der Waals surface area contributed by atoms with Crippen molar-refractivity contribution < 1.29 is 14.3 Å². The maximum Gasteiger partial charge on any atom is 0.356 e. The van der Waals surface area contributed by atoms with Crippen LogP contribution < -0.4 is 10.5 Å². The quantitative estimate of drug-likeness (QED) is 0.813. The first kappa shape index (κ1) is 12.3. The Morgan fingerprint density at radius 3 is 2.61 bits per heavy atom. The summed E-state index contributed by atoms with van der Waals surface area (Å²) in [6.45, 7) is 0. The molecule has 0 bridgehead atoms. The molecular weight excluding hydrogens is 260 g/mol. The predicted octanol–water partition coefficient (Wildman–Crippen LogP) is 1.06. The largest absolute Gasteiger partial charge is 0.467 e. The highest BCUT2D eigenvalue weighted by Crippen LogP contribution is 2.26. The van der Waals surface area contributed by atoms with Gasteiger partial charge in [-0.15, -0.1) is 0 Å². The van der Waals surface area contributed by atoms with Crippen molar-refractivity contribution in [3.8, 4) is 6.01 Å². The number of ether oxygens (including phenoxy) is 2. The first-order chi connectivity index (χ1) is 8.56. The van der Waals surface area contributed by atoms with Gasteiger partial charge >= 0.3 is 12.0 Å². The average Bonchev–Trinajstić information content (AvgIpc) is 2.38. The van der Waals surface area contributed by atoms with Gasteiger partial charge in [0.15, 0.2) is 11.5 Å². The number of hydrogen-bond acceptors (Lipinski definition) is 7. The Morgan fingerprint density at radius 1 is 1.28 bits per heavy atom. The molecule has 2 aromatic rings. The Bertz CT molecular complexity index is 632. The van der Waals surface area contributed by atoms with Crippen molar-refractivity contribution in [3.05, 3.63) is 16.8 Å². The Hall–Kier alpha value is -2.15. The number of esters is 1. The van der Waals surface area contributed by atoms with E-state index in [1.807, 2.05) is 0 Å². The van der Waals surface area contributed by atoms with Crippen LogP contribution in [0, 0.1) is 0 Å². The van der Waals surface area contributed by atoms with Crippen LogP contribution in [0.2, 0.25) is 5.02 Å². The lowest BCUT2D eigenvalue weighted by Gasteiger charge is -2.06. The highest BCUT2D eigenvalue weighted by atomic mass is 35.5. The van der Waals surface area contributed by atoms with E-state index in [0.717, 1.165) is 0 Å². The summed E-state index contributed by atoms with van der Waals surface area (Å²) in [5.41, 5.74) is 6.28. The molecule has 0 atom stereocenters. The number of nitrogens with two attached hydrogens (primary N) is 1. The van der Waals surface area contributed by atoms with E-state index in [9.17, 15) is 4.79 Å². The van der Waals surface area contributed by atoms with E-state index >= 15 is 0 Å². The van der Waals surface area contributed by atoms with Crippen LogP contribution in [0.5, 0.6) is 6.01 Å². The Balaban J connectivity index is 2.73. The molecule has 0 unspecified atom stereocenters. The lowest BCUT2D eigenvalue weighted by molar-refractivity contribution is 0.0594. The van der Waals surface area contributed by atoms with Crippen molar-refractivity contribution in [2.24, 2.45) is 0 Å². The van der Waals surface area contributed by atoms with Gasteiger partial charge in [-0.1, -0.05) is 11.6 Å². The maximum atomic E-state index is 11.4. The molecule has 0 aromatic carbocycles. The van der Waals surface area contributed by atoms with E-state index in [-0.39, 0.29) is 28.1 Å². The van der Waals surface area contributed by atoms with Gasteiger partial charge in [0.05, 0.1) is 19.2 Å². The van der Waals surface area contributed by atoms with Gasteiger partial charge in [0.25, 0.3) is 0 Å². The number of carbonyl (C=O) groups excluding carboxylic acids is 1. The van der Waals surface area contributed by atoms with Crippen LogP contribution in [0.15, 0.2) is 6.07 Å². The van der Waals surface area contributed by atoms with Gasteiger partial charge in [-0.3, -0.25) is 0 Å². The molecular formula is C10H9ClN4O3. The van der Waals surface area contributed by atoms with E-state index in [4.69, 9.17) is 22.1 Å². The minimum absolute atomic E-state index is 0.0375. The first-order valence-corrected chi connectivity index (χ1v) is 5.20. The van der Waals surface area contributed by atoms with E-state index in [0.29, 0.717) is 5.52 Å². The molecule has 0 aliphatic heterocycles. The van der Waals surface area contributed by atoms with Crippen LogP contribution >= 0.6 is 11.6 Å². The van der Waals surface area contributed by atoms with Gasteiger partial charge in [-0.2, -0.15) is 9.97 Å². The van der Waals surface area contributed by atoms with E-state index in [1.54, 1.807) is 0 Å². The zero-order chi connectivity index (χ0) is 13.3. The van der Waals surface area contributed by atoms with Crippen LogP contribution in [0.4, 0.5) is 5.82 Å². The van der Waals surface area contributed by atoms with Crippen LogP contribution in [-0.2, 0) is 4.74 Å². The fourth-order valence-corrected chi connectivity index (χ4v) is 1.60. The summed E-state index contributed by atoms with van der Waals surface area (Å²) < 4.78 is 9.44. The van der Waals surface area contributed by atoms with Gasteiger partial charge in [0, 0.05) is 0 Å². The molecule has 2 N–H and O–H groups in total. The van der Waals surface area contributed by atoms with Gasteiger partial charge in [-0.25, -0.2) is 9.78 Å². The third kappa shape index (κ3) is 2.00. The number of nitrogen functional groups attached to an aromatic ring is 1. The van der Waals surface area contributed by atoms with Crippen molar-refractivity contribution in [3.63, 3.8) is 0 Å². The number of anilines is 1. The molecule has 2 aromatic heterocycles. The summed E-state index contributed by atoms with van der Waals surface area (Å²) in [6.07, 6.45) is 0. The monoisotopic (exact) mass is 268 g/mol. The summed E-state index contributed by atoms with van der Waals surface area (Å²) in [6, 6.07) is 1.43. The number of aromatic nitrogens is 3. The summed E-state index contributed by atoms with van der Waals surface area (Å²) in [5, 5.41) is 0.216. The molecule has 0 fully saturated rings. The number of carbonyl (C=O) groups is 1. The zero-order valence-corrected chi connectivity index (χ0v) is 10.4. The van der Waals surface area contributed by atoms with Crippen LogP contribution in [0.1, 0.15) is 10.5 Å². The summed E-state index contributed by atoms with van der Waals surface area (Å²) in [7, 11) is 2.65. The van der Waals surface area contributed by atoms with Crippen molar-refractivity contribution in [1.29, 1.82) is 0 Å². The number of hydrogen-bond donors (Lipinski definition) is 1. The van der Waals surface area contributed by atoms with Crippen LogP contribution in [0.25, 0.3) is 11.0 Å². The molecule has 0 spiro atoms. The standard InChI is InChI=1S/C10H9ClN4O3/c1-17-9(16)5-3-4(11)6-7(13-5)8(12)15-10(14-6)18-2/h3H,1-2H3,(H2,12,14,15). The topological polar surface area (TPSA) is 100 Å². The lowest BCUT2D eigenvalue weighted by atomic mass is 10.3. The van der Waals surface area contributed by atoms with E-state index < -0.39 is 5.97 Å². The first-order valence-electron chi connectivity index (χ1n) is 4.83. The molecule has 0 amide bonds. The molecule has 2 heterocycles. The summed E-state index contributed by atoms with van der Waals surface area (Å²) >= 11 is 6.01. The van der Waals surface area contributed by atoms with Gasteiger partial charge in [-0.05, 0) is 6.07 Å². The molecule has 0 saturated heterocycles. The number of fused-ring (bicyclic) bond motifs is 1. The Labute approximate surface area is 107 Å². The van der Waals surface area contributed by atoms with Gasteiger partial charge < -0.3 is 15.2 Å². The molecule has 0 saturated carbocycles. The minimum Gasteiger partial charge on any atom is -0.467 e. The fourth-order valence-electron chi connectivity index (χ4n) is 1.37. The summed E-state index contributed by atoms with van der Waals surface area (Å²) in [4.78, 5) is 23.3. The number of nitrogens with zero attached hydrogens (tertiary/aromatic N) is 3. The second-order valence-electron chi connectivity index (χ2n) is 3.27. The molecule has 7 nitrogen and oxygen atoms in total. The smallest absolute Gasteiger partial charge is 0.356 e. The highest BCUT2D eigenvalue weighted by Gasteiger charge is 2.16. The second-order valence-corrected chi connectivity index (χ2v) is 3.68. The number of rotatable bonds is 2. The van der Waals surface area contributed by atoms with Crippen molar-refractivity contribution in [1.82, 2.24) is 15.0 Å². The molecule has 2 rings (SSSR count). The normalized spacial score (nSPS) is 10.4. The molecule has 0 aliphatic carbocycles. The number of pyridine rings is 1. The van der Waals surface area contributed by atoms with Crippen molar-refractivity contribution >= 4 is 34.4 Å². The molecule has 0 radical (unpaired) electrons. The maximum absolute atomic E-state index is 11.4. The minimum atomic E-state index is -0.617. The number of halogens is 1. The van der Waals surface area contributed by atoms with E-state index in [2.05, 4.69) is 19.7 Å². The highest BCUT2D eigenvalue weighted by molar-refractivity contribution is 6.35. The third-order valence-electron chi connectivity index (χ3n) is 2.19. The third-order valence-corrected chi connectivity index (χ3v) is 2.48. The van der Waals surface area contributed by atoms with Crippen molar-refractivity contribution in [2.75, 3.05) is 20.0 Å². The summed E-state index contributed by atoms with van der Waals surface area (Å²) in [5.74, 6) is -0.543. The average molecular weight is 269 g/mol. The fraction of sp³-hybridized carbons (Fsp3) is 0.200. The van der Waals surface area contributed by atoms with E-state index in [1.165, 1.54) is 20.3 Å². The SMILES string of the molecule is COC(=O)c1cc(Cl)c2nc(OC)nc(N)c2n1. The van der Waals surface area contributed by atoms with Crippen LogP contribution in [0.3, 0.4) is 0 Å². The van der Waals surface area contributed by atoms with Gasteiger partial charge in [0.1, 0.15) is 11.0 Å². The second kappa shape index (κ2) is 4.61. The molecule has 18 heavy (non-hydrogen) atoms. The molecule has 94 valence electrons. The zero-order valence-electron chi connectivity index (χ0n) is 9.60. The number of methoxy groups -OCH3 is 2. The van der Waals surface area contributed by atoms with Gasteiger partial charge in [0.2, 0.25) is 0 Å². The Morgan fingerprint density at radius 2 is 2.00 bits per heavy atom. The Kier molecular flexibility index (Phi) is 3.15. The van der Waals surface area contributed by atoms with Crippen molar-refractivity contribution in [2.45, 2.75) is 0 Å².